The van der Waals surface area contributed by atoms with Crippen LogP contribution in [-0.4, -0.2) is 70.0 Å². The summed E-state index contributed by atoms with van der Waals surface area (Å²) in [5.74, 6) is 1.97. The van der Waals surface area contributed by atoms with Gasteiger partial charge in [-0.05, 0) is 51.4 Å². The summed E-state index contributed by atoms with van der Waals surface area (Å²) in [5, 5.41) is 4.62. The van der Waals surface area contributed by atoms with Crippen molar-refractivity contribution in [3.8, 4) is 5.75 Å². The molecule has 0 radical (unpaired) electrons. The number of likely N-dealkylation sites (N-methyl/N-ethyl adjacent to an activating group) is 1. The molecular formula is C25H30N6O2S2. The van der Waals surface area contributed by atoms with Crippen molar-refractivity contribution in [2.45, 2.75) is 31.7 Å². The Morgan fingerprint density at radius 2 is 2.11 bits per heavy atom. The standard InChI is InChI=1S/C25H30N6O2S2/c1-29(2)15-7-8-31(12-15)25(32)14-5-6-16-20(9-14)34-24-22(16)23(26-13-27-24)28-17-10-21-18(30(3)35-21)11-19(17)33-4/h10-11,13-15H,5-9,12H2,1-4H3,(H,26,27,28)/t14-,15-/m0/s1. The summed E-state index contributed by atoms with van der Waals surface area (Å²) in [5.41, 5.74) is 3.37. The molecule has 10 heteroatoms. The molecule has 4 heterocycles. The molecule has 2 atom stereocenters. The van der Waals surface area contributed by atoms with Crippen LogP contribution in [0.3, 0.4) is 0 Å². The van der Waals surface area contributed by atoms with E-state index in [0.29, 0.717) is 11.9 Å². The quantitative estimate of drug-likeness (QED) is 0.432. The molecule has 35 heavy (non-hydrogen) atoms. The zero-order valence-electron chi connectivity index (χ0n) is 20.5. The molecule has 4 aromatic rings. The maximum absolute atomic E-state index is 13.3. The zero-order chi connectivity index (χ0) is 24.3. The summed E-state index contributed by atoms with van der Waals surface area (Å²) in [6.07, 6.45) is 5.23. The molecule has 0 unspecified atom stereocenters. The number of aryl methyl sites for hydroxylation is 2. The van der Waals surface area contributed by atoms with Crippen LogP contribution < -0.4 is 10.1 Å². The lowest BCUT2D eigenvalue weighted by atomic mass is 9.87. The fourth-order valence-corrected chi connectivity index (χ4v) is 7.60. The number of benzene rings is 1. The summed E-state index contributed by atoms with van der Waals surface area (Å²) < 4.78 is 9.01. The van der Waals surface area contributed by atoms with Crippen LogP contribution in [0.2, 0.25) is 0 Å². The first kappa shape index (κ1) is 22.8. The van der Waals surface area contributed by atoms with E-state index in [1.165, 1.54) is 20.7 Å². The van der Waals surface area contributed by atoms with Gasteiger partial charge < -0.3 is 19.9 Å². The van der Waals surface area contributed by atoms with Gasteiger partial charge in [0.15, 0.2) is 0 Å². The average molecular weight is 511 g/mol. The van der Waals surface area contributed by atoms with Gasteiger partial charge in [0.1, 0.15) is 22.7 Å². The van der Waals surface area contributed by atoms with E-state index in [4.69, 9.17) is 4.74 Å². The van der Waals surface area contributed by atoms with Crippen LogP contribution in [0.25, 0.3) is 20.4 Å². The number of aromatic nitrogens is 3. The first-order chi connectivity index (χ1) is 16.9. The molecule has 1 saturated heterocycles. The van der Waals surface area contributed by atoms with E-state index in [9.17, 15) is 4.79 Å². The van der Waals surface area contributed by atoms with E-state index in [1.807, 2.05) is 7.05 Å². The molecule has 3 aromatic heterocycles. The highest BCUT2D eigenvalue weighted by atomic mass is 32.1. The molecule has 2 aliphatic rings. The third-order valence-electron chi connectivity index (χ3n) is 7.51. The van der Waals surface area contributed by atoms with Gasteiger partial charge in [-0.25, -0.2) is 9.97 Å². The molecular weight excluding hydrogens is 480 g/mol. The lowest BCUT2D eigenvalue weighted by molar-refractivity contribution is -0.134. The predicted molar refractivity (Wildman–Crippen MR) is 142 cm³/mol. The fourth-order valence-electron chi connectivity index (χ4n) is 5.46. The molecule has 1 N–H and O–H groups in total. The van der Waals surface area contributed by atoms with Crippen LogP contribution >= 0.6 is 22.9 Å². The first-order valence-corrected chi connectivity index (χ1v) is 13.6. The molecule has 8 nitrogen and oxygen atoms in total. The number of fused-ring (bicyclic) bond motifs is 4. The number of ether oxygens (including phenoxy) is 1. The number of hydrogen-bond donors (Lipinski definition) is 1. The molecule has 6 rings (SSSR count). The number of nitrogens with zero attached hydrogens (tertiary/aromatic N) is 5. The van der Waals surface area contributed by atoms with Crippen LogP contribution in [0.15, 0.2) is 18.5 Å². The van der Waals surface area contributed by atoms with Gasteiger partial charge in [-0.3, -0.25) is 8.75 Å². The van der Waals surface area contributed by atoms with Crippen LogP contribution in [0.1, 0.15) is 23.3 Å². The Morgan fingerprint density at radius 1 is 1.26 bits per heavy atom. The minimum atomic E-state index is 0.0583. The molecule has 184 valence electrons. The average Bonchev–Trinajstić information content (AvgIpc) is 3.48. The van der Waals surface area contributed by atoms with E-state index in [2.05, 4.69) is 55.3 Å². The second-order valence-electron chi connectivity index (χ2n) is 9.77. The molecule has 0 saturated carbocycles. The second-order valence-corrected chi connectivity index (χ2v) is 12.0. The van der Waals surface area contributed by atoms with Gasteiger partial charge in [-0.15, -0.1) is 11.3 Å². The fraction of sp³-hybridized carbons (Fsp3) is 0.480. The number of rotatable bonds is 5. The Hall–Kier alpha value is -2.69. The Kier molecular flexibility index (Phi) is 5.69. The number of carbonyl (C=O) groups is 1. The maximum atomic E-state index is 13.3. The third kappa shape index (κ3) is 3.88. The van der Waals surface area contributed by atoms with Crippen molar-refractivity contribution in [3.05, 3.63) is 28.9 Å². The Balaban J connectivity index is 1.27. The van der Waals surface area contributed by atoms with Gasteiger partial charge in [0.05, 0.1) is 28.4 Å². The predicted octanol–water partition coefficient (Wildman–Crippen LogP) is 4.26. The van der Waals surface area contributed by atoms with E-state index in [-0.39, 0.29) is 5.92 Å². The van der Waals surface area contributed by atoms with Crippen LogP contribution in [0.4, 0.5) is 11.5 Å². The topological polar surface area (TPSA) is 75.5 Å². The minimum absolute atomic E-state index is 0.0583. The molecule has 1 aliphatic carbocycles. The molecule has 1 aromatic carbocycles. The van der Waals surface area contributed by atoms with E-state index in [0.717, 1.165) is 66.2 Å². The van der Waals surface area contributed by atoms with Crippen molar-refractivity contribution in [1.82, 2.24) is 23.7 Å². The minimum Gasteiger partial charge on any atom is -0.494 e. The van der Waals surface area contributed by atoms with Gasteiger partial charge in [0.2, 0.25) is 5.91 Å². The number of hydrogen-bond acceptors (Lipinski definition) is 8. The third-order valence-corrected chi connectivity index (χ3v) is 9.67. The van der Waals surface area contributed by atoms with Gasteiger partial charge in [0, 0.05) is 43.0 Å². The smallest absolute Gasteiger partial charge is 0.226 e. The molecule has 0 bridgehead atoms. The largest absolute Gasteiger partial charge is 0.494 e. The normalized spacial score (nSPS) is 20.2. The number of methoxy groups -OCH3 is 1. The number of amides is 1. The van der Waals surface area contributed by atoms with E-state index in [1.54, 1.807) is 36.3 Å². The summed E-state index contributed by atoms with van der Waals surface area (Å²) in [6, 6.07) is 4.65. The number of thiophene rings is 1. The van der Waals surface area contributed by atoms with Crippen molar-refractivity contribution in [1.29, 1.82) is 0 Å². The van der Waals surface area contributed by atoms with Crippen molar-refractivity contribution in [2.24, 2.45) is 13.0 Å². The number of nitrogens with one attached hydrogen (secondary N) is 1. The maximum Gasteiger partial charge on any atom is 0.226 e. The van der Waals surface area contributed by atoms with Crippen LogP contribution in [0, 0.1) is 5.92 Å². The second kappa shape index (κ2) is 8.76. The van der Waals surface area contributed by atoms with Crippen LogP contribution in [-0.2, 0) is 24.7 Å². The van der Waals surface area contributed by atoms with Crippen molar-refractivity contribution in [2.75, 3.05) is 39.6 Å². The monoisotopic (exact) mass is 510 g/mol. The lowest BCUT2D eigenvalue weighted by Crippen LogP contribution is -2.39. The molecule has 1 amide bonds. The summed E-state index contributed by atoms with van der Waals surface area (Å²) in [4.78, 5) is 29.1. The molecule has 0 spiro atoms. The summed E-state index contributed by atoms with van der Waals surface area (Å²) in [6.45, 7) is 1.71. The number of likely N-dealkylation sites (tertiary alicyclic amines) is 1. The summed E-state index contributed by atoms with van der Waals surface area (Å²) in [7, 11) is 7.94. The van der Waals surface area contributed by atoms with Gasteiger partial charge in [-0.2, -0.15) is 0 Å². The highest BCUT2D eigenvalue weighted by Crippen LogP contribution is 2.42. The number of carbonyl (C=O) groups excluding carboxylic acids is 1. The van der Waals surface area contributed by atoms with Crippen molar-refractivity contribution >= 4 is 60.7 Å². The summed E-state index contributed by atoms with van der Waals surface area (Å²) >= 11 is 3.42. The van der Waals surface area contributed by atoms with E-state index < -0.39 is 0 Å². The van der Waals surface area contributed by atoms with Crippen LogP contribution in [0.5, 0.6) is 5.75 Å². The Labute approximate surface area is 212 Å². The van der Waals surface area contributed by atoms with Gasteiger partial charge in [-0.1, -0.05) is 11.5 Å². The molecule has 1 fully saturated rings. The molecule has 1 aliphatic heterocycles. The first-order valence-electron chi connectivity index (χ1n) is 12.0. The van der Waals surface area contributed by atoms with Gasteiger partial charge in [0.25, 0.3) is 0 Å². The number of anilines is 2. The highest BCUT2D eigenvalue weighted by molar-refractivity contribution is 7.19. The van der Waals surface area contributed by atoms with Crippen molar-refractivity contribution in [3.63, 3.8) is 0 Å². The SMILES string of the molecule is COc1cc2c(cc1Nc1ncnc3sc4c(c13)CC[C@H](C(=O)N1CC[C@H](N(C)C)C1)C4)sn2C. The van der Waals surface area contributed by atoms with Gasteiger partial charge >= 0.3 is 0 Å². The van der Waals surface area contributed by atoms with E-state index >= 15 is 0 Å². The Morgan fingerprint density at radius 3 is 2.86 bits per heavy atom. The Bertz CT molecular complexity index is 1420. The highest BCUT2D eigenvalue weighted by Gasteiger charge is 2.35. The lowest BCUT2D eigenvalue weighted by Gasteiger charge is -2.27. The zero-order valence-corrected chi connectivity index (χ0v) is 22.1. The van der Waals surface area contributed by atoms with Crippen molar-refractivity contribution < 1.29 is 9.53 Å².